The molecule has 3 heteroatoms. The summed E-state index contributed by atoms with van der Waals surface area (Å²) >= 11 is 0. The number of hydrogen-bond acceptors (Lipinski definition) is 3. The fourth-order valence-electron chi connectivity index (χ4n) is 5.81. The second-order valence-electron chi connectivity index (χ2n) is 7.89. The van der Waals surface area contributed by atoms with Gasteiger partial charge in [-0.1, -0.05) is 19.9 Å². The van der Waals surface area contributed by atoms with Crippen molar-refractivity contribution >= 4 is 12.3 Å². The molecule has 0 aliphatic heterocycles. The van der Waals surface area contributed by atoms with Crippen LogP contribution in [0.1, 0.15) is 65.2 Å². The van der Waals surface area contributed by atoms with E-state index in [1.54, 1.807) is 6.92 Å². The number of rotatable bonds is 5. The zero-order valence-corrected chi connectivity index (χ0v) is 13.9. The zero-order valence-electron chi connectivity index (χ0n) is 13.9. The minimum Gasteiger partial charge on any atom is -0.456 e. The number of carbonyl (C=O) groups is 2. The van der Waals surface area contributed by atoms with E-state index >= 15 is 0 Å². The Balaban J connectivity index is 1.82. The van der Waals surface area contributed by atoms with Crippen molar-refractivity contribution in [2.75, 3.05) is 0 Å². The molecule has 3 fully saturated rings. The Morgan fingerprint density at radius 2 is 2.09 bits per heavy atom. The molecule has 0 saturated heterocycles. The number of esters is 1. The molecular weight excluding hydrogens is 276 g/mol. The summed E-state index contributed by atoms with van der Waals surface area (Å²) in [5.41, 5.74) is 0.367. The van der Waals surface area contributed by atoms with Gasteiger partial charge in [-0.2, -0.15) is 0 Å². The van der Waals surface area contributed by atoms with E-state index in [0.717, 1.165) is 38.5 Å². The van der Waals surface area contributed by atoms with Crippen molar-refractivity contribution < 1.29 is 14.3 Å². The maximum atomic E-state index is 12.0. The molecule has 3 aliphatic carbocycles. The summed E-state index contributed by atoms with van der Waals surface area (Å²) in [5.74, 6) is 1.13. The molecule has 122 valence electrons. The highest BCUT2D eigenvalue weighted by atomic mass is 16.6. The molecule has 0 aromatic heterocycles. The number of hydrogen-bond donors (Lipinski definition) is 0. The molecule has 3 aliphatic rings. The van der Waals surface area contributed by atoms with Crippen molar-refractivity contribution in [1.29, 1.82) is 0 Å². The first kappa shape index (κ1) is 15.8. The molecule has 3 nitrogen and oxygen atoms in total. The Labute approximate surface area is 133 Å². The molecule has 22 heavy (non-hydrogen) atoms. The van der Waals surface area contributed by atoms with Gasteiger partial charge in [0, 0.05) is 11.5 Å². The average Bonchev–Trinajstić information content (AvgIpc) is 3.18. The number of aldehydes is 1. The first-order valence-corrected chi connectivity index (χ1v) is 8.80. The Kier molecular flexibility index (Phi) is 3.94. The van der Waals surface area contributed by atoms with Crippen molar-refractivity contribution in [3.8, 4) is 0 Å². The molecule has 5 atom stereocenters. The second kappa shape index (κ2) is 5.50. The molecule has 0 amide bonds. The summed E-state index contributed by atoms with van der Waals surface area (Å²) < 4.78 is 5.87. The van der Waals surface area contributed by atoms with Gasteiger partial charge < -0.3 is 9.53 Å². The summed E-state index contributed by atoms with van der Waals surface area (Å²) in [7, 11) is 0. The van der Waals surface area contributed by atoms with Crippen LogP contribution in [0.5, 0.6) is 0 Å². The molecule has 3 saturated carbocycles. The van der Waals surface area contributed by atoms with Crippen LogP contribution in [0.3, 0.4) is 0 Å². The standard InChI is InChI=1S/C19H28O3/c1-4-19(8-5-6-15(19)12-20)16-11-18(9-7-14(16)10-18)22-17(21)13(2)3/h12,14-16H,2,4-11H2,1,3H3. The Bertz CT molecular complexity index is 497. The lowest BCUT2D eigenvalue weighted by atomic mass is 9.61. The lowest BCUT2D eigenvalue weighted by molar-refractivity contribution is -0.155. The van der Waals surface area contributed by atoms with Crippen molar-refractivity contribution in [1.82, 2.24) is 0 Å². The van der Waals surface area contributed by atoms with E-state index in [1.165, 1.54) is 19.1 Å². The molecule has 3 rings (SSSR count). The van der Waals surface area contributed by atoms with Crippen LogP contribution in [-0.2, 0) is 14.3 Å². The van der Waals surface area contributed by atoms with Gasteiger partial charge in [0.05, 0.1) is 0 Å². The normalized spacial score (nSPS) is 43.3. The van der Waals surface area contributed by atoms with Gasteiger partial charge in [0.25, 0.3) is 0 Å². The molecule has 5 unspecified atom stereocenters. The predicted octanol–water partition coefficient (Wildman–Crippen LogP) is 4.06. The summed E-state index contributed by atoms with van der Waals surface area (Å²) in [5, 5.41) is 0. The molecule has 0 aromatic rings. The quantitative estimate of drug-likeness (QED) is 0.437. The molecule has 0 radical (unpaired) electrons. The highest BCUT2D eigenvalue weighted by Gasteiger charge is 2.60. The van der Waals surface area contributed by atoms with Crippen LogP contribution in [0, 0.1) is 23.2 Å². The lowest BCUT2D eigenvalue weighted by Gasteiger charge is -2.43. The first-order valence-electron chi connectivity index (χ1n) is 8.80. The van der Waals surface area contributed by atoms with Gasteiger partial charge in [0.15, 0.2) is 0 Å². The fraction of sp³-hybridized carbons (Fsp3) is 0.789. The first-order chi connectivity index (χ1) is 10.5. The van der Waals surface area contributed by atoms with Crippen LogP contribution in [0.25, 0.3) is 0 Å². The highest BCUT2D eigenvalue weighted by molar-refractivity contribution is 5.87. The summed E-state index contributed by atoms with van der Waals surface area (Å²) in [6.07, 6.45) is 9.72. The van der Waals surface area contributed by atoms with Crippen LogP contribution in [0.2, 0.25) is 0 Å². The van der Waals surface area contributed by atoms with Crippen LogP contribution >= 0.6 is 0 Å². The zero-order chi connectivity index (χ0) is 16.0. The third-order valence-corrected chi connectivity index (χ3v) is 6.88. The predicted molar refractivity (Wildman–Crippen MR) is 85.2 cm³/mol. The highest BCUT2D eigenvalue weighted by Crippen LogP contribution is 2.64. The maximum absolute atomic E-state index is 12.0. The van der Waals surface area contributed by atoms with E-state index in [-0.39, 0.29) is 22.9 Å². The lowest BCUT2D eigenvalue weighted by Crippen LogP contribution is -2.40. The van der Waals surface area contributed by atoms with Gasteiger partial charge in [-0.05, 0) is 69.1 Å². The second-order valence-corrected chi connectivity index (χ2v) is 7.89. The SMILES string of the molecule is C=C(C)C(=O)OC12CCC(C1)C(C1(CC)CCCC1C=O)C2. The summed E-state index contributed by atoms with van der Waals surface area (Å²) in [4.78, 5) is 23.6. The Morgan fingerprint density at radius 3 is 2.73 bits per heavy atom. The van der Waals surface area contributed by atoms with Crippen molar-refractivity contribution in [2.45, 2.75) is 70.8 Å². The number of carbonyl (C=O) groups excluding carboxylic acids is 2. The smallest absolute Gasteiger partial charge is 0.333 e. The van der Waals surface area contributed by atoms with Crippen molar-refractivity contribution in [2.24, 2.45) is 23.2 Å². The van der Waals surface area contributed by atoms with Gasteiger partial charge in [0.1, 0.15) is 11.9 Å². The van der Waals surface area contributed by atoms with E-state index in [4.69, 9.17) is 4.74 Å². The maximum Gasteiger partial charge on any atom is 0.333 e. The van der Waals surface area contributed by atoms with Gasteiger partial charge in [-0.25, -0.2) is 4.79 Å². The molecule has 0 spiro atoms. The van der Waals surface area contributed by atoms with E-state index < -0.39 is 0 Å². The third-order valence-electron chi connectivity index (χ3n) is 6.88. The molecule has 0 N–H and O–H groups in total. The molecular formula is C19H28O3. The summed E-state index contributed by atoms with van der Waals surface area (Å²) in [6, 6.07) is 0. The van der Waals surface area contributed by atoms with Gasteiger partial charge in [-0.3, -0.25) is 0 Å². The van der Waals surface area contributed by atoms with E-state index in [0.29, 0.717) is 17.4 Å². The van der Waals surface area contributed by atoms with Crippen LogP contribution in [-0.4, -0.2) is 17.9 Å². The van der Waals surface area contributed by atoms with Crippen molar-refractivity contribution in [3.05, 3.63) is 12.2 Å². The van der Waals surface area contributed by atoms with Crippen LogP contribution in [0.15, 0.2) is 12.2 Å². The number of fused-ring (bicyclic) bond motifs is 2. The minimum absolute atomic E-state index is 0.157. The van der Waals surface area contributed by atoms with Gasteiger partial charge >= 0.3 is 5.97 Å². The largest absolute Gasteiger partial charge is 0.456 e. The van der Waals surface area contributed by atoms with Crippen LogP contribution < -0.4 is 0 Å². The van der Waals surface area contributed by atoms with Gasteiger partial charge in [0.2, 0.25) is 0 Å². The van der Waals surface area contributed by atoms with Crippen LogP contribution in [0.4, 0.5) is 0 Å². The van der Waals surface area contributed by atoms with Crippen molar-refractivity contribution in [3.63, 3.8) is 0 Å². The topological polar surface area (TPSA) is 43.4 Å². The van der Waals surface area contributed by atoms with E-state index in [1.807, 2.05) is 0 Å². The number of ether oxygens (including phenoxy) is 1. The average molecular weight is 304 g/mol. The van der Waals surface area contributed by atoms with Gasteiger partial charge in [-0.15, -0.1) is 0 Å². The fourth-order valence-corrected chi connectivity index (χ4v) is 5.81. The summed E-state index contributed by atoms with van der Waals surface area (Å²) in [6.45, 7) is 7.66. The third kappa shape index (κ3) is 2.24. The molecule has 0 aromatic carbocycles. The Morgan fingerprint density at radius 1 is 1.32 bits per heavy atom. The van der Waals surface area contributed by atoms with E-state index in [9.17, 15) is 9.59 Å². The van der Waals surface area contributed by atoms with E-state index in [2.05, 4.69) is 13.5 Å². The molecule has 0 heterocycles. The monoisotopic (exact) mass is 304 g/mol. The minimum atomic E-state index is -0.274. The Hall–Kier alpha value is -1.12. The molecule has 2 bridgehead atoms.